The number of amides is 1. The van der Waals surface area contributed by atoms with Crippen molar-refractivity contribution >= 4 is 60.5 Å². The minimum Gasteiger partial charge on any atom is -0.496 e. The van der Waals surface area contributed by atoms with Crippen molar-refractivity contribution in [2.75, 3.05) is 19.9 Å². The maximum absolute atomic E-state index is 14.7. The Bertz CT molecular complexity index is 1790. The number of thiophene rings is 1. The van der Waals surface area contributed by atoms with Gasteiger partial charge in [0.25, 0.3) is 5.91 Å². The number of fused-ring (bicyclic) bond motifs is 1. The number of rotatable bonds is 9. The summed E-state index contributed by atoms with van der Waals surface area (Å²) in [7, 11) is 0.0215. The van der Waals surface area contributed by atoms with Gasteiger partial charge in [-0.25, -0.2) is 21.6 Å². The van der Waals surface area contributed by atoms with Gasteiger partial charge in [-0.15, -0.1) is 11.3 Å². The van der Waals surface area contributed by atoms with Crippen molar-refractivity contribution in [1.29, 1.82) is 0 Å². The maximum Gasteiger partial charge on any atom is 0.266 e. The van der Waals surface area contributed by atoms with Crippen LogP contribution in [0.2, 0.25) is 5.02 Å². The van der Waals surface area contributed by atoms with Crippen LogP contribution < -0.4 is 4.74 Å². The third kappa shape index (κ3) is 6.46. The highest BCUT2D eigenvalue weighted by Gasteiger charge is 2.34. The van der Waals surface area contributed by atoms with Crippen LogP contribution in [0.15, 0.2) is 59.5 Å². The van der Waals surface area contributed by atoms with Gasteiger partial charge in [0, 0.05) is 31.2 Å². The number of hydrogen-bond acceptors (Lipinski definition) is 6. The zero-order chi connectivity index (χ0) is 31.8. The van der Waals surface area contributed by atoms with E-state index in [1.54, 1.807) is 53.7 Å². The van der Waals surface area contributed by atoms with E-state index in [-0.39, 0.29) is 49.3 Å². The number of benzene rings is 3. The first-order chi connectivity index (χ1) is 20.9. The van der Waals surface area contributed by atoms with Gasteiger partial charge in [-0.2, -0.15) is 0 Å². The molecule has 0 atom stereocenters. The monoisotopic (exact) mass is 680 g/mol. The first kappa shape index (κ1) is 32.6. The third-order valence-corrected chi connectivity index (χ3v) is 12.0. The molecule has 12 heteroatoms. The molecule has 1 amide bonds. The van der Waals surface area contributed by atoms with Gasteiger partial charge in [0.05, 0.1) is 32.9 Å². The number of carbonyl (C=O) groups is 1. The van der Waals surface area contributed by atoms with Gasteiger partial charge < -0.3 is 9.64 Å². The fraction of sp³-hybridized carbons (Fsp3) is 0.344. The average molecular weight is 682 g/mol. The Morgan fingerprint density at radius 1 is 0.977 bits per heavy atom. The van der Waals surface area contributed by atoms with Crippen LogP contribution in [0.25, 0.3) is 21.2 Å². The second-order valence-electron chi connectivity index (χ2n) is 10.9. The highest BCUT2D eigenvalue weighted by Crippen LogP contribution is 2.41. The van der Waals surface area contributed by atoms with E-state index in [9.17, 15) is 22.0 Å². The molecule has 234 valence electrons. The Kier molecular flexibility index (Phi) is 9.87. The molecule has 44 heavy (non-hydrogen) atoms. The molecule has 1 aliphatic rings. The molecule has 0 radical (unpaired) electrons. The van der Waals surface area contributed by atoms with Crippen LogP contribution >= 0.6 is 34.7 Å². The van der Waals surface area contributed by atoms with Gasteiger partial charge in [0.15, 0.2) is 9.84 Å². The normalized spacial score (nSPS) is 17.3. The van der Waals surface area contributed by atoms with E-state index in [1.807, 2.05) is 19.2 Å². The zero-order valence-corrected chi connectivity index (χ0v) is 27.6. The summed E-state index contributed by atoms with van der Waals surface area (Å²) in [5.41, 5.74) is 2.32. The van der Waals surface area contributed by atoms with E-state index in [1.165, 1.54) is 0 Å². The molecular formula is C32H32Cl2F2N2O4S2. The van der Waals surface area contributed by atoms with E-state index in [4.69, 9.17) is 28.1 Å². The molecule has 0 spiro atoms. The van der Waals surface area contributed by atoms with Crippen molar-refractivity contribution in [2.24, 2.45) is 0 Å². The van der Waals surface area contributed by atoms with Gasteiger partial charge in [-0.05, 0) is 85.0 Å². The van der Waals surface area contributed by atoms with Crippen LogP contribution in [-0.2, 0) is 16.4 Å². The van der Waals surface area contributed by atoms with Crippen molar-refractivity contribution < 1.29 is 26.7 Å². The first-order valence-electron chi connectivity index (χ1n) is 14.2. The summed E-state index contributed by atoms with van der Waals surface area (Å²) in [6.45, 7) is 1.76. The van der Waals surface area contributed by atoms with Crippen LogP contribution in [0.3, 0.4) is 0 Å². The third-order valence-electron chi connectivity index (χ3n) is 8.29. The SMILES string of the molecule is CCS(=O)(=O)c1ccc(-c2ccc(OC)c(CN(C(=O)c3sc4c(F)ccc(F)c4c3Cl)[C@H]3CC[C@H](N(C)Cl)CC3)c2)cc1. The van der Waals surface area contributed by atoms with E-state index in [0.717, 1.165) is 53.0 Å². The van der Waals surface area contributed by atoms with Crippen LogP contribution in [0.5, 0.6) is 5.75 Å². The zero-order valence-electron chi connectivity index (χ0n) is 24.4. The summed E-state index contributed by atoms with van der Waals surface area (Å²) >= 11 is 13.7. The number of methoxy groups -OCH3 is 1. The van der Waals surface area contributed by atoms with Gasteiger partial charge in [0.2, 0.25) is 0 Å². The number of ether oxygens (including phenoxy) is 1. The largest absolute Gasteiger partial charge is 0.496 e. The topological polar surface area (TPSA) is 66.9 Å². The molecule has 0 bridgehead atoms. The summed E-state index contributed by atoms with van der Waals surface area (Å²) in [6, 6.07) is 14.3. The second kappa shape index (κ2) is 13.3. The van der Waals surface area contributed by atoms with Crippen molar-refractivity contribution in [3.63, 3.8) is 0 Å². The van der Waals surface area contributed by atoms with Crippen LogP contribution in [0, 0.1) is 11.6 Å². The second-order valence-corrected chi connectivity index (χ2v) is 15.1. The predicted molar refractivity (Wildman–Crippen MR) is 172 cm³/mol. The van der Waals surface area contributed by atoms with E-state index >= 15 is 0 Å². The predicted octanol–water partition coefficient (Wildman–Crippen LogP) is 8.34. The fourth-order valence-electron chi connectivity index (χ4n) is 5.74. The molecule has 6 nitrogen and oxygen atoms in total. The molecule has 5 rings (SSSR count). The van der Waals surface area contributed by atoms with Gasteiger partial charge in [-0.1, -0.05) is 36.7 Å². The fourth-order valence-corrected chi connectivity index (χ4v) is 8.33. The summed E-state index contributed by atoms with van der Waals surface area (Å²) in [5.74, 6) is -1.18. The standard InChI is InChI=1S/C32H32Cl2F2N2O4S2/c1-4-44(40,41)24-12-5-19(6-13-24)20-7-16-27(42-3)21(17-20)18-38(23-10-8-22(9-11-23)37(2)34)32(39)31-29(33)28-25(35)14-15-26(36)30(28)43-31/h5-7,12-17,22-23H,4,8-11,18H2,1-3H3/t22-,23-. The minimum absolute atomic E-state index is 0.00103. The van der Waals surface area contributed by atoms with Crippen LogP contribution in [0.4, 0.5) is 8.78 Å². The molecule has 0 N–H and O–H groups in total. The Morgan fingerprint density at radius 2 is 1.59 bits per heavy atom. The highest BCUT2D eigenvalue weighted by molar-refractivity contribution is 7.91. The summed E-state index contributed by atoms with van der Waals surface area (Å²) in [4.78, 5) is 16.3. The highest BCUT2D eigenvalue weighted by atomic mass is 35.5. The number of halogens is 4. The van der Waals surface area contributed by atoms with Crippen molar-refractivity contribution in [3.05, 3.63) is 81.7 Å². The molecule has 0 unspecified atom stereocenters. The van der Waals surface area contributed by atoms with Crippen molar-refractivity contribution in [1.82, 2.24) is 9.32 Å². The lowest BCUT2D eigenvalue weighted by molar-refractivity contribution is 0.0589. The minimum atomic E-state index is -3.34. The number of hydrogen-bond donors (Lipinski definition) is 0. The molecular weight excluding hydrogens is 649 g/mol. The average Bonchev–Trinajstić information content (AvgIpc) is 3.39. The first-order valence-corrected chi connectivity index (χ1v) is 17.4. The summed E-state index contributed by atoms with van der Waals surface area (Å²) in [6.07, 6.45) is 2.88. The van der Waals surface area contributed by atoms with Gasteiger partial charge in [0.1, 0.15) is 22.3 Å². The molecule has 1 saturated carbocycles. The lowest BCUT2D eigenvalue weighted by Crippen LogP contribution is -2.44. The lowest BCUT2D eigenvalue weighted by Gasteiger charge is -2.38. The Hall–Kier alpha value is -2.76. The molecule has 1 aliphatic carbocycles. The molecule has 3 aromatic carbocycles. The molecule has 1 heterocycles. The van der Waals surface area contributed by atoms with Gasteiger partial charge >= 0.3 is 0 Å². The molecule has 4 aromatic rings. The van der Waals surface area contributed by atoms with Gasteiger partial charge in [-0.3, -0.25) is 4.79 Å². The smallest absolute Gasteiger partial charge is 0.266 e. The quantitative estimate of drug-likeness (QED) is 0.166. The number of carbonyl (C=O) groups excluding carboxylic acids is 1. The van der Waals surface area contributed by atoms with Crippen molar-refractivity contribution in [3.8, 4) is 16.9 Å². The number of nitrogens with zero attached hydrogens (tertiary/aromatic N) is 2. The summed E-state index contributed by atoms with van der Waals surface area (Å²) < 4.78 is 61.3. The Morgan fingerprint density at radius 3 is 2.18 bits per heavy atom. The Labute approximate surface area is 270 Å². The number of sulfone groups is 1. The summed E-state index contributed by atoms with van der Waals surface area (Å²) in [5, 5.41) is -0.199. The maximum atomic E-state index is 14.7. The lowest BCUT2D eigenvalue weighted by atomic mass is 9.89. The van der Waals surface area contributed by atoms with Crippen LogP contribution in [-0.4, -0.2) is 55.6 Å². The Balaban J connectivity index is 1.54. The molecule has 0 aliphatic heterocycles. The van der Waals surface area contributed by atoms with E-state index in [0.29, 0.717) is 18.6 Å². The van der Waals surface area contributed by atoms with Crippen molar-refractivity contribution in [2.45, 2.75) is 56.1 Å². The molecule has 1 aromatic heterocycles. The van der Waals surface area contributed by atoms with E-state index < -0.39 is 27.4 Å². The van der Waals surface area contributed by atoms with E-state index in [2.05, 4.69) is 0 Å². The molecule has 1 fully saturated rings. The van der Waals surface area contributed by atoms with Crippen LogP contribution in [0.1, 0.15) is 47.8 Å². The molecule has 0 saturated heterocycles.